The molecule has 0 aromatic carbocycles. The van der Waals surface area contributed by atoms with Gasteiger partial charge in [-0.3, -0.25) is 14.3 Å². The average molecular weight is 305 g/mol. The summed E-state index contributed by atoms with van der Waals surface area (Å²) >= 11 is 0. The van der Waals surface area contributed by atoms with E-state index in [9.17, 15) is 14.7 Å². The predicted octanol–water partition coefficient (Wildman–Crippen LogP) is 2.18. The van der Waals surface area contributed by atoms with Crippen LogP contribution < -0.4 is 0 Å². The lowest BCUT2D eigenvalue weighted by Gasteiger charge is -2.39. The largest absolute Gasteiger partial charge is 0.481 e. The van der Waals surface area contributed by atoms with E-state index in [1.165, 1.54) is 0 Å². The molecule has 2 rings (SSSR count). The van der Waals surface area contributed by atoms with Crippen LogP contribution in [0.4, 0.5) is 0 Å². The van der Waals surface area contributed by atoms with Crippen molar-refractivity contribution in [3.8, 4) is 0 Å². The van der Waals surface area contributed by atoms with Gasteiger partial charge in [-0.2, -0.15) is 5.10 Å². The summed E-state index contributed by atoms with van der Waals surface area (Å²) in [5.41, 5.74) is -0.382. The predicted molar refractivity (Wildman–Crippen MR) is 82.5 cm³/mol. The molecule has 1 aliphatic heterocycles. The van der Waals surface area contributed by atoms with Gasteiger partial charge < -0.3 is 10.0 Å². The molecule has 22 heavy (non-hydrogen) atoms. The van der Waals surface area contributed by atoms with Crippen molar-refractivity contribution in [1.82, 2.24) is 14.7 Å². The Kier molecular flexibility index (Phi) is 5.00. The van der Waals surface area contributed by atoms with Crippen molar-refractivity contribution >= 4 is 11.9 Å². The molecule has 1 fully saturated rings. The molecule has 1 aromatic heterocycles. The zero-order valence-electron chi connectivity index (χ0n) is 13.0. The number of aromatic nitrogens is 2. The van der Waals surface area contributed by atoms with Crippen LogP contribution in [-0.4, -0.2) is 44.8 Å². The molecule has 1 amide bonds. The van der Waals surface area contributed by atoms with E-state index >= 15 is 0 Å². The molecular formula is C16H23N3O3. The Morgan fingerprint density at radius 1 is 1.55 bits per heavy atom. The van der Waals surface area contributed by atoms with E-state index in [1.54, 1.807) is 27.9 Å². The van der Waals surface area contributed by atoms with Gasteiger partial charge in [0.15, 0.2) is 0 Å². The van der Waals surface area contributed by atoms with Gasteiger partial charge in [0.1, 0.15) is 5.69 Å². The van der Waals surface area contributed by atoms with Crippen LogP contribution in [0, 0.1) is 5.41 Å². The molecule has 0 aliphatic carbocycles. The van der Waals surface area contributed by atoms with Crippen molar-refractivity contribution < 1.29 is 14.7 Å². The van der Waals surface area contributed by atoms with E-state index in [1.807, 2.05) is 6.92 Å². The van der Waals surface area contributed by atoms with Crippen LogP contribution in [0.3, 0.4) is 0 Å². The Morgan fingerprint density at radius 2 is 2.32 bits per heavy atom. The molecule has 1 N–H and O–H groups in total. The van der Waals surface area contributed by atoms with Gasteiger partial charge in [0.05, 0.1) is 5.41 Å². The lowest BCUT2D eigenvalue weighted by Crippen LogP contribution is -2.50. The highest BCUT2D eigenvalue weighted by molar-refractivity contribution is 5.93. The maximum absolute atomic E-state index is 12.7. The van der Waals surface area contributed by atoms with Crippen LogP contribution >= 0.6 is 0 Å². The molecule has 1 atom stereocenters. The summed E-state index contributed by atoms with van der Waals surface area (Å²) < 4.78 is 1.69. The van der Waals surface area contributed by atoms with Crippen LogP contribution in [0.2, 0.25) is 0 Å². The molecule has 1 saturated heterocycles. The van der Waals surface area contributed by atoms with Gasteiger partial charge in [-0.1, -0.05) is 13.0 Å². The molecule has 1 aliphatic rings. The minimum atomic E-state index is -0.911. The average Bonchev–Trinajstić information content (AvgIpc) is 2.95. The van der Waals surface area contributed by atoms with Crippen molar-refractivity contribution in [2.24, 2.45) is 5.41 Å². The molecule has 0 saturated carbocycles. The monoisotopic (exact) mass is 305 g/mol. The summed E-state index contributed by atoms with van der Waals surface area (Å²) in [5.74, 6) is -0.993. The summed E-state index contributed by atoms with van der Waals surface area (Å²) in [4.78, 5) is 26.0. The molecule has 6 nitrogen and oxygen atoms in total. The first-order chi connectivity index (χ1) is 10.5. The number of carboxylic acid groups (broad SMARTS) is 1. The lowest BCUT2D eigenvalue weighted by atomic mass is 9.77. The van der Waals surface area contributed by atoms with Crippen LogP contribution in [0.5, 0.6) is 0 Å². The molecular weight excluding hydrogens is 282 g/mol. The minimum Gasteiger partial charge on any atom is -0.481 e. The molecule has 0 spiro atoms. The number of hydrogen-bond donors (Lipinski definition) is 1. The first-order valence-corrected chi connectivity index (χ1v) is 7.69. The summed E-state index contributed by atoms with van der Waals surface area (Å²) in [6.07, 6.45) is 5.77. The van der Waals surface area contributed by atoms with Crippen LogP contribution in [0.1, 0.15) is 43.1 Å². The van der Waals surface area contributed by atoms with Crippen molar-refractivity contribution in [3.05, 3.63) is 30.6 Å². The molecule has 120 valence electrons. The van der Waals surface area contributed by atoms with E-state index in [2.05, 4.69) is 11.7 Å². The van der Waals surface area contributed by atoms with Crippen molar-refractivity contribution in [2.45, 2.75) is 39.2 Å². The van der Waals surface area contributed by atoms with Gasteiger partial charge >= 0.3 is 5.97 Å². The maximum atomic E-state index is 12.7. The van der Waals surface area contributed by atoms with Crippen molar-refractivity contribution in [3.63, 3.8) is 0 Å². The summed E-state index contributed by atoms with van der Waals surface area (Å²) in [6.45, 7) is 7.18. The van der Waals surface area contributed by atoms with Gasteiger partial charge in [-0.05, 0) is 31.7 Å². The summed E-state index contributed by atoms with van der Waals surface area (Å²) in [5, 5.41) is 13.8. The maximum Gasteiger partial charge on any atom is 0.311 e. The molecule has 2 heterocycles. The van der Waals surface area contributed by atoms with Crippen LogP contribution in [0.25, 0.3) is 0 Å². The number of aryl methyl sites for hydroxylation is 1. The van der Waals surface area contributed by atoms with Gasteiger partial charge in [0.25, 0.3) is 5.91 Å². The van der Waals surface area contributed by atoms with Gasteiger partial charge in [-0.25, -0.2) is 0 Å². The Hall–Kier alpha value is -2.11. The first kappa shape index (κ1) is 16.3. The Bertz CT molecular complexity index is 567. The van der Waals surface area contributed by atoms with Gasteiger partial charge in [0.2, 0.25) is 0 Å². The number of aliphatic carboxylic acids is 1. The van der Waals surface area contributed by atoms with Crippen LogP contribution in [0.15, 0.2) is 24.9 Å². The third-order valence-corrected chi connectivity index (χ3v) is 4.22. The third kappa shape index (κ3) is 3.05. The van der Waals surface area contributed by atoms with Gasteiger partial charge in [0, 0.05) is 25.8 Å². The Labute approximate surface area is 130 Å². The number of nitrogens with zero attached hydrogens (tertiary/aromatic N) is 3. The van der Waals surface area contributed by atoms with E-state index < -0.39 is 11.4 Å². The number of piperidine rings is 1. The molecule has 0 radical (unpaired) electrons. The highest BCUT2D eigenvalue weighted by Gasteiger charge is 2.43. The number of rotatable bonds is 6. The number of allylic oxidation sites excluding steroid dienone is 1. The van der Waals surface area contributed by atoms with Crippen molar-refractivity contribution in [1.29, 1.82) is 0 Å². The fourth-order valence-electron chi connectivity index (χ4n) is 3.08. The smallest absolute Gasteiger partial charge is 0.311 e. The molecule has 0 unspecified atom stereocenters. The van der Waals surface area contributed by atoms with Crippen LogP contribution in [-0.2, 0) is 11.3 Å². The Balaban J connectivity index is 2.21. The first-order valence-electron chi connectivity index (χ1n) is 7.69. The zero-order chi connectivity index (χ0) is 16.2. The molecule has 6 heteroatoms. The standard InChI is InChI=1S/C16H23N3O3/c1-3-7-16(15(21)22)8-5-11-18(12-16)14(20)13-6-9-17-19(13)10-4-2/h3,6,9H,1,4-5,7-8,10-12H2,2H3,(H,21,22)/t16-/m0/s1. The topological polar surface area (TPSA) is 75.4 Å². The summed E-state index contributed by atoms with van der Waals surface area (Å²) in [7, 11) is 0. The van der Waals surface area contributed by atoms with E-state index in [0.717, 1.165) is 6.42 Å². The second-order valence-corrected chi connectivity index (χ2v) is 5.85. The third-order valence-electron chi connectivity index (χ3n) is 4.22. The number of carbonyl (C=O) groups is 2. The molecule has 1 aromatic rings. The summed E-state index contributed by atoms with van der Waals surface area (Å²) in [6, 6.07) is 1.70. The van der Waals surface area contributed by atoms with E-state index in [-0.39, 0.29) is 12.5 Å². The number of carboxylic acids is 1. The number of hydrogen-bond acceptors (Lipinski definition) is 3. The fraction of sp³-hybridized carbons (Fsp3) is 0.562. The number of carbonyl (C=O) groups excluding carboxylic acids is 1. The zero-order valence-corrected chi connectivity index (χ0v) is 13.0. The minimum absolute atomic E-state index is 0.139. The second kappa shape index (κ2) is 6.77. The number of amides is 1. The van der Waals surface area contributed by atoms with E-state index in [0.29, 0.717) is 38.0 Å². The second-order valence-electron chi connectivity index (χ2n) is 5.85. The van der Waals surface area contributed by atoms with Crippen molar-refractivity contribution in [2.75, 3.05) is 13.1 Å². The normalized spacial score (nSPS) is 21.6. The number of likely N-dealkylation sites (tertiary alicyclic amines) is 1. The fourth-order valence-corrected chi connectivity index (χ4v) is 3.08. The Morgan fingerprint density at radius 3 is 2.95 bits per heavy atom. The van der Waals surface area contributed by atoms with E-state index in [4.69, 9.17) is 0 Å². The SMILES string of the molecule is C=CC[C@]1(C(=O)O)CCCN(C(=O)c2ccnn2CCC)C1. The van der Waals surface area contributed by atoms with Gasteiger partial charge in [-0.15, -0.1) is 6.58 Å². The lowest BCUT2D eigenvalue weighted by molar-refractivity contribution is -0.151. The quantitative estimate of drug-likeness (QED) is 0.817. The highest BCUT2D eigenvalue weighted by Crippen LogP contribution is 2.34. The molecule has 0 bridgehead atoms. The highest BCUT2D eigenvalue weighted by atomic mass is 16.4.